The standard InChI is InChI=1S/C20H28F2N4O/c1-4-7-18(25-9-6-8-24(3)10-11-25)19-23-17-13-16(22)15(21)12-14(17)20(27)26(19)5-2/h12-13,18H,4-11H2,1-3H3. The zero-order chi connectivity index (χ0) is 19.6. The van der Waals surface area contributed by atoms with Crippen LogP contribution >= 0.6 is 0 Å². The summed E-state index contributed by atoms with van der Waals surface area (Å²) in [5, 5.41) is 0.130. The molecule has 0 bridgehead atoms. The molecule has 27 heavy (non-hydrogen) atoms. The van der Waals surface area contributed by atoms with Crippen molar-refractivity contribution < 1.29 is 8.78 Å². The van der Waals surface area contributed by atoms with E-state index in [1.165, 1.54) is 0 Å². The summed E-state index contributed by atoms with van der Waals surface area (Å²) in [6, 6.07) is 1.99. The van der Waals surface area contributed by atoms with Crippen LogP contribution in [0.25, 0.3) is 10.9 Å². The smallest absolute Gasteiger partial charge is 0.261 e. The third-order valence-corrected chi connectivity index (χ3v) is 5.40. The Balaban J connectivity index is 2.13. The van der Waals surface area contributed by atoms with E-state index in [9.17, 15) is 13.6 Å². The molecule has 0 spiro atoms. The molecule has 2 heterocycles. The van der Waals surface area contributed by atoms with Crippen LogP contribution < -0.4 is 5.56 Å². The van der Waals surface area contributed by atoms with Crippen LogP contribution in [0.3, 0.4) is 0 Å². The Morgan fingerprint density at radius 1 is 1.11 bits per heavy atom. The van der Waals surface area contributed by atoms with Gasteiger partial charge >= 0.3 is 0 Å². The third-order valence-electron chi connectivity index (χ3n) is 5.40. The molecular weight excluding hydrogens is 350 g/mol. The van der Waals surface area contributed by atoms with Crippen LogP contribution in [0.15, 0.2) is 16.9 Å². The average Bonchev–Trinajstić information content (AvgIpc) is 2.86. The molecule has 1 unspecified atom stereocenters. The molecule has 1 aromatic heterocycles. The van der Waals surface area contributed by atoms with Crippen molar-refractivity contribution in [2.24, 2.45) is 0 Å². The summed E-state index contributed by atoms with van der Waals surface area (Å²) in [7, 11) is 2.12. The second kappa shape index (κ2) is 8.44. The quantitative estimate of drug-likeness (QED) is 0.801. The lowest BCUT2D eigenvalue weighted by atomic mass is 10.1. The van der Waals surface area contributed by atoms with Gasteiger partial charge in [-0.1, -0.05) is 13.3 Å². The normalized spacial score (nSPS) is 18.0. The lowest BCUT2D eigenvalue weighted by Gasteiger charge is -2.31. The van der Waals surface area contributed by atoms with Crippen molar-refractivity contribution in [3.8, 4) is 0 Å². The molecule has 3 rings (SSSR count). The van der Waals surface area contributed by atoms with E-state index in [0.717, 1.165) is 57.6 Å². The third kappa shape index (κ3) is 4.04. The fraction of sp³-hybridized carbons (Fsp3) is 0.600. The van der Waals surface area contributed by atoms with Gasteiger partial charge in [-0.3, -0.25) is 14.3 Å². The molecule has 0 N–H and O–H groups in total. The van der Waals surface area contributed by atoms with E-state index < -0.39 is 11.6 Å². The van der Waals surface area contributed by atoms with E-state index in [1.807, 2.05) is 6.92 Å². The number of benzene rings is 1. The maximum atomic E-state index is 13.8. The Morgan fingerprint density at radius 3 is 2.56 bits per heavy atom. The van der Waals surface area contributed by atoms with Crippen molar-refractivity contribution in [1.29, 1.82) is 0 Å². The predicted molar refractivity (Wildman–Crippen MR) is 103 cm³/mol. The highest BCUT2D eigenvalue weighted by atomic mass is 19.2. The highest BCUT2D eigenvalue weighted by Gasteiger charge is 2.27. The molecule has 5 nitrogen and oxygen atoms in total. The molecule has 1 saturated heterocycles. The van der Waals surface area contributed by atoms with E-state index in [-0.39, 0.29) is 22.5 Å². The number of rotatable bonds is 5. The lowest BCUT2D eigenvalue weighted by Crippen LogP contribution is -2.37. The first-order valence-electron chi connectivity index (χ1n) is 9.78. The number of halogens is 2. The Bertz CT molecular complexity index is 867. The van der Waals surface area contributed by atoms with Gasteiger partial charge in [-0.25, -0.2) is 13.8 Å². The van der Waals surface area contributed by atoms with Gasteiger partial charge in [-0.05, 0) is 39.4 Å². The molecule has 148 valence electrons. The van der Waals surface area contributed by atoms with Gasteiger partial charge in [-0.2, -0.15) is 0 Å². The summed E-state index contributed by atoms with van der Waals surface area (Å²) in [4.78, 5) is 22.3. The SMILES string of the molecule is CCCC(c1nc2cc(F)c(F)cc2c(=O)n1CC)N1CCCN(C)CC1. The highest BCUT2D eigenvalue weighted by Crippen LogP contribution is 2.27. The van der Waals surface area contributed by atoms with E-state index in [0.29, 0.717) is 12.4 Å². The minimum atomic E-state index is -1.02. The summed E-state index contributed by atoms with van der Waals surface area (Å²) in [6.07, 6.45) is 2.87. The van der Waals surface area contributed by atoms with Gasteiger partial charge in [0.05, 0.1) is 16.9 Å². The molecule has 1 aliphatic rings. The van der Waals surface area contributed by atoms with Crippen LogP contribution in [0.4, 0.5) is 8.78 Å². The Labute approximate surface area is 158 Å². The molecule has 1 aliphatic heterocycles. The van der Waals surface area contributed by atoms with Gasteiger partial charge in [0.15, 0.2) is 11.6 Å². The van der Waals surface area contributed by atoms with E-state index in [1.54, 1.807) is 4.57 Å². The summed E-state index contributed by atoms with van der Waals surface area (Å²) in [5.41, 5.74) is -0.0731. The van der Waals surface area contributed by atoms with Crippen molar-refractivity contribution in [1.82, 2.24) is 19.4 Å². The topological polar surface area (TPSA) is 41.4 Å². The first-order chi connectivity index (χ1) is 13.0. The largest absolute Gasteiger partial charge is 0.305 e. The van der Waals surface area contributed by atoms with Crippen molar-refractivity contribution in [2.75, 3.05) is 33.2 Å². The number of aromatic nitrogens is 2. The zero-order valence-corrected chi connectivity index (χ0v) is 16.3. The maximum Gasteiger partial charge on any atom is 0.261 e. The molecule has 7 heteroatoms. The minimum Gasteiger partial charge on any atom is -0.305 e. The predicted octanol–water partition coefficient (Wildman–Crippen LogP) is 3.17. The molecule has 1 atom stereocenters. The molecule has 2 aromatic rings. The van der Waals surface area contributed by atoms with Gasteiger partial charge in [0, 0.05) is 32.2 Å². The molecule has 1 fully saturated rings. The Kier molecular flexibility index (Phi) is 6.22. The van der Waals surface area contributed by atoms with Crippen molar-refractivity contribution in [3.05, 3.63) is 39.9 Å². The number of fused-ring (bicyclic) bond motifs is 1. The molecule has 0 amide bonds. The van der Waals surface area contributed by atoms with Gasteiger partial charge in [0.2, 0.25) is 0 Å². The van der Waals surface area contributed by atoms with Crippen molar-refractivity contribution in [2.45, 2.75) is 45.7 Å². The monoisotopic (exact) mass is 378 g/mol. The van der Waals surface area contributed by atoms with Crippen LogP contribution in [0, 0.1) is 11.6 Å². The van der Waals surface area contributed by atoms with Crippen LogP contribution in [0.2, 0.25) is 0 Å². The maximum absolute atomic E-state index is 13.8. The van der Waals surface area contributed by atoms with Gasteiger partial charge in [0.25, 0.3) is 5.56 Å². The molecule has 0 radical (unpaired) electrons. The molecule has 0 aliphatic carbocycles. The number of hydrogen-bond donors (Lipinski definition) is 0. The number of likely N-dealkylation sites (N-methyl/N-ethyl adjacent to an activating group) is 1. The highest BCUT2D eigenvalue weighted by molar-refractivity contribution is 5.77. The summed E-state index contributed by atoms with van der Waals surface area (Å²) in [5.74, 6) is -1.33. The average molecular weight is 378 g/mol. The van der Waals surface area contributed by atoms with Crippen LogP contribution in [0.5, 0.6) is 0 Å². The van der Waals surface area contributed by atoms with E-state index in [2.05, 4.69) is 28.8 Å². The van der Waals surface area contributed by atoms with Crippen LogP contribution in [-0.2, 0) is 6.54 Å². The van der Waals surface area contributed by atoms with E-state index in [4.69, 9.17) is 0 Å². The first kappa shape index (κ1) is 19.9. The Hall–Kier alpha value is -1.86. The molecular formula is C20H28F2N4O. The second-order valence-electron chi connectivity index (χ2n) is 7.30. The van der Waals surface area contributed by atoms with Crippen molar-refractivity contribution >= 4 is 10.9 Å². The van der Waals surface area contributed by atoms with E-state index >= 15 is 0 Å². The zero-order valence-electron chi connectivity index (χ0n) is 16.3. The molecule has 1 aromatic carbocycles. The van der Waals surface area contributed by atoms with Crippen LogP contribution in [-0.4, -0.2) is 52.6 Å². The van der Waals surface area contributed by atoms with Gasteiger partial charge in [0.1, 0.15) is 5.82 Å². The first-order valence-corrected chi connectivity index (χ1v) is 9.78. The fourth-order valence-corrected chi connectivity index (χ4v) is 3.92. The van der Waals surface area contributed by atoms with Crippen molar-refractivity contribution in [3.63, 3.8) is 0 Å². The Morgan fingerprint density at radius 2 is 1.85 bits per heavy atom. The van der Waals surface area contributed by atoms with Gasteiger partial charge < -0.3 is 4.90 Å². The second-order valence-corrected chi connectivity index (χ2v) is 7.30. The van der Waals surface area contributed by atoms with Gasteiger partial charge in [-0.15, -0.1) is 0 Å². The number of nitrogens with zero attached hydrogens (tertiary/aromatic N) is 4. The summed E-state index contributed by atoms with van der Waals surface area (Å²) in [6.45, 7) is 8.29. The molecule has 0 saturated carbocycles. The van der Waals surface area contributed by atoms with Crippen LogP contribution in [0.1, 0.15) is 45.0 Å². The summed E-state index contributed by atoms with van der Waals surface area (Å²) < 4.78 is 29.0. The fourth-order valence-electron chi connectivity index (χ4n) is 3.92. The summed E-state index contributed by atoms with van der Waals surface area (Å²) >= 11 is 0. The minimum absolute atomic E-state index is 0.00772. The number of hydrogen-bond acceptors (Lipinski definition) is 4. The lowest BCUT2D eigenvalue weighted by molar-refractivity contribution is 0.180.